The van der Waals surface area contributed by atoms with E-state index < -0.39 is 49.2 Å². The van der Waals surface area contributed by atoms with Crippen LogP contribution < -0.4 is 0 Å². The van der Waals surface area contributed by atoms with E-state index in [9.17, 15) is 25.2 Å². The van der Waals surface area contributed by atoms with Gasteiger partial charge in [-0.05, 0) is 12.8 Å². The number of ether oxygens (including phenoxy) is 1. The lowest BCUT2D eigenvalue weighted by atomic mass is 9.91. The molecule has 1 aliphatic heterocycles. The van der Waals surface area contributed by atoms with Crippen molar-refractivity contribution in [2.24, 2.45) is 0 Å². The largest absolute Gasteiger partial charge is 0.481 e. The van der Waals surface area contributed by atoms with Gasteiger partial charge in [0, 0.05) is 12.8 Å². The average molecular weight is 294 g/mol. The number of aliphatic carboxylic acids is 1. The second kappa shape index (κ2) is 7.87. The quantitative estimate of drug-likeness (QED) is 0.311. The van der Waals surface area contributed by atoms with Crippen LogP contribution in [0.3, 0.4) is 0 Å². The van der Waals surface area contributed by atoms with Crippen LogP contribution in [-0.4, -0.2) is 79.8 Å². The summed E-state index contributed by atoms with van der Waals surface area (Å²) in [5.41, 5.74) is 0. The minimum atomic E-state index is -1.46. The second-order valence-corrected chi connectivity index (χ2v) is 5.04. The summed E-state index contributed by atoms with van der Waals surface area (Å²) < 4.78 is 5.24. The number of carboxylic acids is 1. The molecule has 1 aliphatic rings. The SMILES string of the molecule is O=C(O)CCCC(O)C[C@H]1O[C@H](CO)[C@H](O)[C@H](O)[C@H]1O. The van der Waals surface area contributed by atoms with E-state index in [1.807, 2.05) is 0 Å². The zero-order chi connectivity index (χ0) is 15.3. The molecule has 1 fully saturated rings. The third kappa shape index (κ3) is 4.65. The van der Waals surface area contributed by atoms with E-state index in [1.165, 1.54) is 0 Å². The molecule has 8 nitrogen and oxygen atoms in total. The molecule has 0 radical (unpaired) electrons. The van der Waals surface area contributed by atoms with Crippen LogP contribution in [0.25, 0.3) is 0 Å². The maximum absolute atomic E-state index is 10.3. The molecule has 0 amide bonds. The van der Waals surface area contributed by atoms with E-state index in [4.69, 9.17) is 14.9 Å². The monoisotopic (exact) mass is 294 g/mol. The van der Waals surface area contributed by atoms with Gasteiger partial charge in [-0.2, -0.15) is 0 Å². The van der Waals surface area contributed by atoms with Crippen LogP contribution >= 0.6 is 0 Å². The standard InChI is InChI=1S/C12H22O8/c13-5-8-11(18)12(19)10(17)7(20-8)4-6(14)2-1-3-9(15)16/h6-8,10-14,17-19H,1-5H2,(H,15,16)/t6?,7-,8-,10+,11+,12-/m1/s1. The molecule has 0 aromatic heterocycles. The van der Waals surface area contributed by atoms with Gasteiger partial charge in [0.1, 0.15) is 24.4 Å². The summed E-state index contributed by atoms with van der Waals surface area (Å²) in [6.07, 6.45) is -6.64. The highest BCUT2D eigenvalue weighted by Gasteiger charge is 2.43. The zero-order valence-corrected chi connectivity index (χ0v) is 11.0. The molecule has 0 aromatic carbocycles. The molecule has 0 saturated carbocycles. The van der Waals surface area contributed by atoms with Gasteiger partial charge in [-0.15, -0.1) is 0 Å². The summed E-state index contributed by atoms with van der Waals surface area (Å²) in [7, 11) is 0. The molecule has 0 aromatic rings. The van der Waals surface area contributed by atoms with E-state index >= 15 is 0 Å². The fourth-order valence-corrected chi connectivity index (χ4v) is 2.25. The van der Waals surface area contributed by atoms with E-state index in [0.29, 0.717) is 0 Å². The van der Waals surface area contributed by atoms with E-state index in [-0.39, 0.29) is 25.7 Å². The number of aliphatic hydroxyl groups excluding tert-OH is 5. The molecule has 6 atom stereocenters. The number of hydrogen-bond donors (Lipinski definition) is 6. The lowest BCUT2D eigenvalue weighted by molar-refractivity contribution is -0.234. The van der Waals surface area contributed by atoms with Crippen LogP contribution in [-0.2, 0) is 9.53 Å². The lowest BCUT2D eigenvalue weighted by Gasteiger charge is -2.40. The Bertz CT molecular complexity index is 308. The molecule has 0 aliphatic carbocycles. The van der Waals surface area contributed by atoms with Crippen molar-refractivity contribution in [1.29, 1.82) is 0 Å². The first-order valence-corrected chi connectivity index (χ1v) is 6.57. The smallest absolute Gasteiger partial charge is 0.303 e. The van der Waals surface area contributed by atoms with Gasteiger partial charge in [0.15, 0.2) is 0 Å². The zero-order valence-electron chi connectivity index (χ0n) is 11.0. The molecule has 0 spiro atoms. The maximum Gasteiger partial charge on any atom is 0.303 e. The third-order valence-electron chi connectivity index (χ3n) is 3.42. The summed E-state index contributed by atoms with van der Waals surface area (Å²) in [5, 5.41) is 56.2. The Morgan fingerprint density at radius 1 is 1.10 bits per heavy atom. The predicted octanol–water partition coefficient (Wildman–Crippen LogP) is -2.17. The van der Waals surface area contributed by atoms with Crippen molar-refractivity contribution in [3.8, 4) is 0 Å². The van der Waals surface area contributed by atoms with Crippen LogP contribution in [0, 0.1) is 0 Å². The molecule has 1 heterocycles. The van der Waals surface area contributed by atoms with Crippen LogP contribution in [0.5, 0.6) is 0 Å². The Hall–Kier alpha value is -0.770. The summed E-state index contributed by atoms with van der Waals surface area (Å²) in [6.45, 7) is -0.517. The minimum absolute atomic E-state index is 0.0128. The average Bonchev–Trinajstić information content (AvgIpc) is 2.39. The van der Waals surface area contributed by atoms with Gasteiger partial charge in [0.2, 0.25) is 0 Å². The predicted molar refractivity (Wildman–Crippen MR) is 65.9 cm³/mol. The normalized spacial score (nSPS) is 35.8. The minimum Gasteiger partial charge on any atom is -0.481 e. The number of aliphatic hydroxyl groups is 5. The number of rotatable bonds is 7. The lowest BCUT2D eigenvalue weighted by Crippen LogP contribution is -2.59. The van der Waals surface area contributed by atoms with Gasteiger partial charge in [0.25, 0.3) is 0 Å². The first-order valence-electron chi connectivity index (χ1n) is 6.57. The van der Waals surface area contributed by atoms with Gasteiger partial charge < -0.3 is 35.4 Å². The van der Waals surface area contributed by atoms with Gasteiger partial charge in [-0.1, -0.05) is 0 Å². The molecule has 20 heavy (non-hydrogen) atoms. The Morgan fingerprint density at radius 3 is 2.25 bits per heavy atom. The fourth-order valence-electron chi connectivity index (χ4n) is 2.25. The van der Waals surface area contributed by atoms with Gasteiger partial charge in [-0.3, -0.25) is 4.79 Å². The van der Waals surface area contributed by atoms with E-state index in [1.54, 1.807) is 0 Å². The molecule has 1 unspecified atom stereocenters. The van der Waals surface area contributed by atoms with Crippen molar-refractivity contribution in [3.63, 3.8) is 0 Å². The van der Waals surface area contributed by atoms with Crippen molar-refractivity contribution in [2.45, 2.75) is 62.3 Å². The van der Waals surface area contributed by atoms with Crippen molar-refractivity contribution >= 4 is 5.97 Å². The van der Waals surface area contributed by atoms with Crippen molar-refractivity contribution < 1.29 is 40.2 Å². The molecule has 6 N–H and O–H groups in total. The Morgan fingerprint density at radius 2 is 1.70 bits per heavy atom. The highest BCUT2D eigenvalue weighted by molar-refractivity contribution is 5.66. The molecular weight excluding hydrogens is 272 g/mol. The first kappa shape index (κ1) is 17.3. The van der Waals surface area contributed by atoms with Crippen molar-refractivity contribution in [1.82, 2.24) is 0 Å². The first-order chi connectivity index (χ1) is 9.36. The number of carboxylic acid groups (broad SMARTS) is 1. The Labute approximate surface area is 116 Å². The topological polar surface area (TPSA) is 148 Å². The maximum atomic E-state index is 10.3. The van der Waals surface area contributed by atoms with Gasteiger partial charge in [0.05, 0.1) is 18.8 Å². The summed E-state index contributed by atoms with van der Waals surface area (Å²) in [5.74, 6) is -0.954. The van der Waals surface area contributed by atoms with E-state index in [2.05, 4.69) is 0 Å². The van der Waals surface area contributed by atoms with Crippen LogP contribution in [0.15, 0.2) is 0 Å². The van der Waals surface area contributed by atoms with Gasteiger partial charge in [-0.25, -0.2) is 0 Å². The highest BCUT2D eigenvalue weighted by Crippen LogP contribution is 2.24. The molecule has 118 valence electrons. The second-order valence-electron chi connectivity index (χ2n) is 5.04. The summed E-state index contributed by atoms with van der Waals surface area (Å²) in [4.78, 5) is 10.3. The van der Waals surface area contributed by atoms with E-state index in [0.717, 1.165) is 0 Å². The van der Waals surface area contributed by atoms with Crippen molar-refractivity contribution in [3.05, 3.63) is 0 Å². The highest BCUT2D eigenvalue weighted by atomic mass is 16.5. The van der Waals surface area contributed by atoms with Gasteiger partial charge >= 0.3 is 5.97 Å². The van der Waals surface area contributed by atoms with Crippen LogP contribution in [0.2, 0.25) is 0 Å². The Kier molecular flexibility index (Phi) is 6.80. The molecular formula is C12H22O8. The van der Waals surface area contributed by atoms with Crippen molar-refractivity contribution in [2.75, 3.05) is 6.61 Å². The summed E-state index contributed by atoms with van der Waals surface area (Å²) in [6, 6.07) is 0. The molecule has 8 heteroatoms. The van der Waals surface area contributed by atoms with Crippen LogP contribution in [0.1, 0.15) is 25.7 Å². The fraction of sp³-hybridized carbons (Fsp3) is 0.917. The number of hydrogen-bond acceptors (Lipinski definition) is 7. The molecule has 1 saturated heterocycles. The number of carbonyl (C=O) groups is 1. The molecule has 0 bridgehead atoms. The Balaban J connectivity index is 2.46. The summed E-state index contributed by atoms with van der Waals surface area (Å²) >= 11 is 0. The third-order valence-corrected chi connectivity index (χ3v) is 3.42. The van der Waals surface area contributed by atoms with Crippen LogP contribution in [0.4, 0.5) is 0 Å². The molecule has 1 rings (SSSR count).